The number of carbonyl (C=O) groups excluding carboxylic acids is 1. The van der Waals surface area contributed by atoms with Gasteiger partial charge in [0.25, 0.3) is 0 Å². The van der Waals surface area contributed by atoms with Crippen molar-refractivity contribution in [1.82, 2.24) is 5.32 Å². The second kappa shape index (κ2) is 8.19. The molecule has 1 saturated carbocycles. The van der Waals surface area contributed by atoms with Crippen molar-refractivity contribution in [3.63, 3.8) is 0 Å². The molecule has 1 fully saturated rings. The van der Waals surface area contributed by atoms with Gasteiger partial charge in [-0.15, -0.1) is 0 Å². The maximum atomic E-state index is 13.0. The number of aryl methyl sites for hydroxylation is 1. The predicted octanol–water partition coefficient (Wildman–Crippen LogP) is 4.26. The lowest BCUT2D eigenvalue weighted by molar-refractivity contribution is -0.126. The maximum Gasteiger partial charge on any atom is 0.230 e. The Hall–Kier alpha value is -2.29. The SMILES string of the molecule is COc1ccccc1CCCNC(=O)C1(c2ccccc2)CCCC1. The van der Waals surface area contributed by atoms with Crippen LogP contribution in [0.3, 0.4) is 0 Å². The zero-order valence-corrected chi connectivity index (χ0v) is 15.0. The molecule has 0 radical (unpaired) electrons. The van der Waals surface area contributed by atoms with Gasteiger partial charge < -0.3 is 10.1 Å². The van der Waals surface area contributed by atoms with E-state index in [-0.39, 0.29) is 11.3 Å². The standard InChI is InChI=1S/C22H27NO2/c1-25-20-14-6-5-10-18(20)11-9-17-23-21(24)22(15-7-8-16-22)19-12-3-2-4-13-19/h2-6,10,12-14H,7-9,11,15-17H2,1H3,(H,23,24). The summed E-state index contributed by atoms with van der Waals surface area (Å²) in [6, 6.07) is 18.3. The number of ether oxygens (including phenoxy) is 1. The second-order valence-corrected chi connectivity index (χ2v) is 6.83. The van der Waals surface area contributed by atoms with Gasteiger partial charge in [-0.2, -0.15) is 0 Å². The van der Waals surface area contributed by atoms with E-state index >= 15 is 0 Å². The average molecular weight is 337 g/mol. The summed E-state index contributed by atoms with van der Waals surface area (Å²) in [6.07, 6.45) is 5.98. The highest BCUT2D eigenvalue weighted by molar-refractivity contribution is 5.88. The zero-order valence-electron chi connectivity index (χ0n) is 15.0. The molecular formula is C22H27NO2. The highest BCUT2D eigenvalue weighted by Gasteiger charge is 2.42. The molecule has 0 unspecified atom stereocenters. The van der Waals surface area contributed by atoms with Gasteiger partial charge in [0.15, 0.2) is 0 Å². The van der Waals surface area contributed by atoms with Crippen LogP contribution in [0.1, 0.15) is 43.2 Å². The van der Waals surface area contributed by atoms with Crippen LogP contribution < -0.4 is 10.1 Å². The molecule has 2 aromatic rings. The molecule has 132 valence electrons. The molecule has 1 N–H and O–H groups in total. The molecule has 3 nitrogen and oxygen atoms in total. The summed E-state index contributed by atoms with van der Waals surface area (Å²) in [5.41, 5.74) is 2.03. The molecule has 1 aliphatic rings. The number of benzene rings is 2. The van der Waals surface area contributed by atoms with Crippen LogP contribution >= 0.6 is 0 Å². The third-order valence-electron chi connectivity index (χ3n) is 5.32. The number of carbonyl (C=O) groups is 1. The van der Waals surface area contributed by atoms with Gasteiger partial charge in [-0.05, 0) is 42.9 Å². The largest absolute Gasteiger partial charge is 0.496 e. The van der Waals surface area contributed by atoms with E-state index in [1.54, 1.807) is 7.11 Å². The van der Waals surface area contributed by atoms with Gasteiger partial charge in [-0.1, -0.05) is 61.4 Å². The minimum absolute atomic E-state index is 0.191. The molecule has 0 spiro atoms. The second-order valence-electron chi connectivity index (χ2n) is 6.83. The molecule has 0 bridgehead atoms. The van der Waals surface area contributed by atoms with Gasteiger partial charge in [0.1, 0.15) is 5.75 Å². The van der Waals surface area contributed by atoms with Gasteiger partial charge in [-0.25, -0.2) is 0 Å². The fraction of sp³-hybridized carbons (Fsp3) is 0.409. The first kappa shape index (κ1) is 17.5. The number of para-hydroxylation sites is 1. The number of hydrogen-bond acceptors (Lipinski definition) is 2. The normalized spacial score (nSPS) is 15.7. The van der Waals surface area contributed by atoms with Gasteiger partial charge in [0.05, 0.1) is 12.5 Å². The van der Waals surface area contributed by atoms with Gasteiger partial charge in [0, 0.05) is 6.54 Å². The monoisotopic (exact) mass is 337 g/mol. The van der Waals surface area contributed by atoms with Crippen LogP contribution in [0, 0.1) is 0 Å². The van der Waals surface area contributed by atoms with Gasteiger partial charge in [-0.3, -0.25) is 4.79 Å². The van der Waals surface area contributed by atoms with E-state index in [2.05, 4.69) is 23.5 Å². The van der Waals surface area contributed by atoms with Crippen molar-refractivity contribution in [3.05, 3.63) is 65.7 Å². The third kappa shape index (κ3) is 3.87. The van der Waals surface area contributed by atoms with E-state index in [9.17, 15) is 4.79 Å². The molecule has 3 rings (SSSR count). The van der Waals surface area contributed by atoms with Gasteiger partial charge >= 0.3 is 0 Å². The van der Waals surface area contributed by atoms with E-state index in [1.807, 2.05) is 36.4 Å². The zero-order chi connectivity index (χ0) is 17.5. The quantitative estimate of drug-likeness (QED) is 0.767. The molecule has 1 amide bonds. The van der Waals surface area contributed by atoms with Crippen LogP contribution in [0.2, 0.25) is 0 Å². The summed E-state index contributed by atoms with van der Waals surface area (Å²) in [5, 5.41) is 3.19. The number of methoxy groups -OCH3 is 1. The van der Waals surface area contributed by atoms with Crippen molar-refractivity contribution >= 4 is 5.91 Å². The number of hydrogen-bond donors (Lipinski definition) is 1. The Bertz CT molecular complexity index is 690. The summed E-state index contributed by atoms with van der Waals surface area (Å²) >= 11 is 0. The smallest absolute Gasteiger partial charge is 0.230 e. The lowest BCUT2D eigenvalue weighted by Gasteiger charge is -2.28. The Morgan fingerprint density at radius 3 is 2.44 bits per heavy atom. The summed E-state index contributed by atoms with van der Waals surface area (Å²) in [6.45, 7) is 0.700. The highest BCUT2D eigenvalue weighted by Crippen LogP contribution is 2.41. The van der Waals surface area contributed by atoms with Crippen molar-refractivity contribution in [3.8, 4) is 5.75 Å². The van der Waals surface area contributed by atoms with Crippen molar-refractivity contribution in [2.75, 3.05) is 13.7 Å². The predicted molar refractivity (Wildman–Crippen MR) is 101 cm³/mol. The third-order valence-corrected chi connectivity index (χ3v) is 5.32. The van der Waals surface area contributed by atoms with E-state index < -0.39 is 0 Å². The Morgan fingerprint density at radius 1 is 1.04 bits per heavy atom. The maximum absolute atomic E-state index is 13.0. The molecule has 0 atom stereocenters. The van der Waals surface area contributed by atoms with Crippen LogP contribution in [0.15, 0.2) is 54.6 Å². The van der Waals surface area contributed by atoms with Crippen molar-refractivity contribution in [1.29, 1.82) is 0 Å². The molecule has 0 saturated heterocycles. The molecular weight excluding hydrogens is 310 g/mol. The van der Waals surface area contributed by atoms with E-state index in [0.717, 1.165) is 49.8 Å². The van der Waals surface area contributed by atoms with Crippen molar-refractivity contribution in [2.24, 2.45) is 0 Å². The van der Waals surface area contributed by atoms with Crippen molar-refractivity contribution < 1.29 is 9.53 Å². The Labute approximate surface area is 150 Å². The Morgan fingerprint density at radius 2 is 1.72 bits per heavy atom. The number of amides is 1. The number of nitrogens with one attached hydrogen (secondary N) is 1. The summed E-state index contributed by atoms with van der Waals surface area (Å²) < 4.78 is 5.39. The van der Waals surface area contributed by atoms with Crippen LogP contribution in [0.5, 0.6) is 5.75 Å². The van der Waals surface area contributed by atoms with Crippen LogP contribution in [-0.2, 0) is 16.6 Å². The fourth-order valence-electron chi connectivity index (χ4n) is 3.94. The highest BCUT2D eigenvalue weighted by atomic mass is 16.5. The fourth-order valence-corrected chi connectivity index (χ4v) is 3.94. The first-order valence-electron chi connectivity index (χ1n) is 9.22. The number of rotatable bonds is 7. The van der Waals surface area contributed by atoms with Crippen LogP contribution in [-0.4, -0.2) is 19.6 Å². The molecule has 0 aromatic heterocycles. The summed E-state index contributed by atoms with van der Waals surface area (Å²) in [7, 11) is 1.70. The van der Waals surface area contributed by atoms with E-state index in [1.165, 1.54) is 5.56 Å². The lowest BCUT2D eigenvalue weighted by atomic mass is 9.78. The van der Waals surface area contributed by atoms with Crippen molar-refractivity contribution in [2.45, 2.75) is 43.9 Å². The van der Waals surface area contributed by atoms with Crippen LogP contribution in [0.25, 0.3) is 0 Å². The van der Waals surface area contributed by atoms with E-state index in [0.29, 0.717) is 6.54 Å². The van der Waals surface area contributed by atoms with Gasteiger partial charge in [0.2, 0.25) is 5.91 Å². The minimum atomic E-state index is -0.328. The topological polar surface area (TPSA) is 38.3 Å². The Balaban J connectivity index is 1.58. The van der Waals surface area contributed by atoms with Crippen LogP contribution in [0.4, 0.5) is 0 Å². The molecule has 3 heteroatoms. The van der Waals surface area contributed by atoms with E-state index in [4.69, 9.17) is 4.74 Å². The molecule has 25 heavy (non-hydrogen) atoms. The molecule has 1 aliphatic carbocycles. The molecule has 0 heterocycles. The first-order chi connectivity index (χ1) is 12.3. The summed E-state index contributed by atoms with van der Waals surface area (Å²) in [5.74, 6) is 1.11. The average Bonchev–Trinajstić information content (AvgIpc) is 3.17. The lowest BCUT2D eigenvalue weighted by Crippen LogP contribution is -2.43. The minimum Gasteiger partial charge on any atom is -0.496 e. The molecule has 0 aliphatic heterocycles. The summed E-state index contributed by atoms with van der Waals surface area (Å²) in [4.78, 5) is 13.0. The molecule has 2 aromatic carbocycles. The Kier molecular flexibility index (Phi) is 5.75. The first-order valence-corrected chi connectivity index (χ1v) is 9.22.